The molecule has 78 valence electrons. The number of hydrogen-bond acceptors (Lipinski definition) is 3. The average molecular weight is 210 g/mol. The third kappa shape index (κ3) is 2.01. The van der Waals surface area contributed by atoms with E-state index in [9.17, 15) is 8.78 Å². The summed E-state index contributed by atoms with van der Waals surface area (Å²) in [7, 11) is 0. The van der Waals surface area contributed by atoms with Gasteiger partial charge < -0.3 is 4.52 Å². The Morgan fingerprint density at radius 2 is 2.13 bits per heavy atom. The van der Waals surface area contributed by atoms with Crippen LogP contribution in [0.5, 0.6) is 0 Å². The predicted octanol–water partition coefficient (Wildman–Crippen LogP) is 2.98. The first-order chi connectivity index (χ1) is 7.16. The lowest BCUT2D eigenvalue weighted by atomic mass is 10.2. The van der Waals surface area contributed by atoms with E-state index in [0.29, 0.717) is 11.3 Å². The number of aromatic nitrogens is 2. The Balaban J connectivity index is 2.33. The molecule has 0 aromatic carbocycles. The minimum Gasteiger partial charge on any atom is -0.355 e. The van der Waals surface area contributed by atoms with Gasteiger partial charge >= 0.3 is 0 Å². The molecule has 0 atom stereocenters. The van der Waals surface area contributed by atoms with Gasteiger partial charge in [-0.05, 0) is 19.1 Å². The molecule has 15 heavy (non-hydrogen) atoms. The molecule has 0 aliphatic rings. The zero-order valence-corrected chi connectivity index (χ0v) is 7.95. The SMILES string of the molecule is Cc1ccc(-c2cc(C(F)F)on2)cn1. The van der Waals surface area contributed by atoms with E-state index < -0.39 is 12.2 Å². The predicted molar refractivity (Wildman–Crippen MR) is 49.4 cm³/mol. The Kier molecular flexibility index (Phi) is 2.45. The van der Waals surface area contributed by atoms with Crippen LogP contribution in [-0.2, 0) is 0 Å². The molecule has 0 bridgehead atoms. The number of aryl methyl sites for hydroxylation is 1. The first kappa shape index (κ1) is 9.76. The minimum atomic E-state index is -2.63. The van der Waals surface area contributed by atoms with Crippen molar-refractivity contribution in [2.45, 2.75) is 13.3 Å². The number of nitrogens with zero attached hydrogens (tertiary/aromatic N) is 2. The van der Waals surface area contributed by atoms with E-state index in [2.05, 4.69) is 14.7 Å². The standard InChI is InChI=1S/C10H8F2N2O/c1-6-2-3-7(5-13-6)8-4-9(10(11)12)15-14-8/h2-5,10H,1H3. The number of rotatable bonds is 2. The molecule has 5 heteroatoms. The lowest BCUT2D eigenvalue weighted by Gasteiger charge is -1.94. The lowest BCUT2D eigenvalue weighted by Crippen LogP contribution is -1.82. The number of hydrogen-bond donors (Lipinski definition) is 0. The van der Waals surface area contributed by atoms with Crippen molar-refractivity contribution in [1.29, 1.82) is 0 Å². The third-order valence-electron chi connectivity index (χ3n) is 1.95. The second-order valence-electron chi connectivity index (χ2n) is 3.10. The molecule has 2 heterocycles. The van der Waals surface area contributed by atoms with Gasteiger partial charge in [-0.25, -0.2) is 8.78 Å². The van der Waals surface area contributed by atoms with E-state index >= 15 is 0 Å². The first-order valence-corrected chi connectivity index (χ1v) is 4.34. The molecule has 0 amide bonds. The zero-order chi connectivity index (χ0) is 10.8. The van der Waals surface area contributed by atoms with Crippen molar-refractivity contribution >= 4 is 0 Å². The Labute approximate surface area is 84.7 Å². The molecule has 2 aromatic rings. The van der Waals surface area contributed by atoms with Crippen molar-refractivity contribution in [2.24, 2.45) is 0 Å². The summed E-state index contributed by atoms with van der Waals surface area (Å²) < 4.78 is 28.9. The van der Waals surface area contributed by atoms with Gasteiger partial charge in [-0.3, -0.25) is 4.98 Å². The molecule has 0 saturated heterocycles. The highest BCUT2D eigenvalue weighted by atomic mass is 19.3. The summed E-state index contributed by atoms with van der Waals surface area (Å²) in [4.78, 5) is 4.04. The summed E-state index contributed by atoms with van der Waals surface area (Å²) in [5.41, 5.74) is 1.89. The van der Waals surface area contributed by atoms with Crippen LogP contribution in [0, 0.1) is 6.92 Å². The minimum absolute atomic E-state index is 0.373. The molecular formula is C10H8F2N2O. The van der Waals surface area contributed by atoms with Gasteiger partial charge in [0.25, 0.3) is 6.43 Å². The Hall–Kier alpha value is -1.78. The fourth-order valence-electron chi connectivity index (χ4n) is 1.15. The van der Waals surface area contributed by atoms with Gasteiger partial charge in [-0.1, -0.05) is 5.16 Å². The Bertz CT molecular complexity index is 451. The van der Waals surface area contributed by atoms with Crippen LogP contribution >= 0.6 is 0 Å². The van der Waals surface area contributed by atoms with E-state index in [1.807, 2.05) is 6.92 Å². The van der Waals surface area contributed by atoms with Crippen molar-refractivity contribution in [3.05, 3.63) is 35.9 Å². The summed E-state index contributed by atoms with van der Waals surface area (Å²) in [6.07, 6.45) is -1.06. The zero-order valence-electron chi connectivity index (χ0n) is 7.95. The summed E-state index contributed by atoms with van der Waals surface area (Å²) >= 11 is 0. The second-order valence-corrected chi connectivity index (χ2v) is 3.10. The molecule has 0 N–H and O–H groups in total. The van der Waals surface area contributed by atoms with Crippen molar-refractivity contribution in [3.8, 4) is 11.3 Å². The highest BCUT2D eigenvalue weighted by Gasteiger charge is 2.14. The molecule has 0 radical (unpaired) electrons. The number of alkyl halides is 2. The lowest BCUT2D eigenvalue weighted by molar-refractivity contribution is 0.112. The van der Waals surface area contributed by atoms with Gasteiger partial charge in [-0.15, -0.1) is 0 Å². The van der Waals surface area contributed by atoms with Gasteiger partial charge in [0.1, 0.15) is 5.69 Å². The van der Waals surface area contributed by atoms with Gasteiger partial charge in [0.05, 0.1) is 0 Å². The highest BCUT2D eigenvalue weighted by molar-refractivity contribution is 5.57. The van der Waals surface area contributed by atoms with Crippen LogP contribution in [0.4, 0.5) is 8.78 Å². The van der Waals surface area contributed by atoms with Crippen molar-refractivity contribution in [1.82, 2.24) is 10.1 Å². The van der Waals surface area contributed by atoms with Crippen LogP contribution in [0.25, 0.3) is 11.3 Å². The Morgan fingerprint density at radius 1 is 1.33 bits per heavy atom. The summed E-state index contributed by atoms with van der Waals surface area (Å²) in [6, 6.07) is 4.76. The van der Waals surface area contributed by atoms with Crippen molar-refractivity contribution < 1.29 is 13.3 Å². The van der Waals surface area contributed by atoms with E-state index in [-0.39, 0.29) is 0 Å². The molecule has 0 unspecified atom stereocenters. The topological polar surface area (TPSA) is 38.9 Å². The molecule has 0 fully saturated rings. The average Bonchev–Trinajstić information content (AvgIpc) is 2.68. The van der Waals surface area contributed by atoms with Gasteiger partial charge in [-0.2, -0.15) is 0 Å². The quantitative estimate of drug-likeness (QED) is 0.764. The van der Waals surface area contributed by atoms with Crippen LogP contribution in [0.2, 0.25) is 0 Å². The monoisotopic (exact) mass is 210 g/mol. The summed E-state index contributed by atoms with van der Waals surface area (Å²) in [5, 5.41) is 3.54. The van der Waals surface area contributed by atoms with Crippen molar-refractivity contribution in [3.63, 3.8) is 0 Å². The smallest absolute Gasteiger partial charge is 0.298 e. The van der Waals surface area contributed by atoms with E-state index in [1.165, 1.54) is 6.07 Å². The molecule has 0 aliphatic carbocycles. The van der Waals surface area contributed by atoms with Gasteiger partial charge in [0, 0.05) is 23.5 Å². The molecule has 0 spiro atoms. The van der Waals surface area contributed by atoms with E-state index in [1.54, 1.807) is 18.3 Å². The van der Waals surface area contributed by atoms with Crippen LogP contribution in [0.3, 0.4) is 0 Å². The fourth-order valence-corrected chi connectivity index (χ4v) is 1.15. The van der Waals surface area contributed by atoms with Crippen LogP contribution in [0.1, 0.15) is 17.9 Å². The summed E-state index contributed by atoms with van der Waals surface area (Å²) in [6.45, 7) is 1.84. The number of pyridine rings is 1. The fraction of sp³-hybridized carbons (Fsp3) is 0.200. The van der Waals surface area contributed by atoms with E-state index in [0.717, 1.165) is 5.69 Å². The molecule has 3 nitrogen and oxygen atoms in total. The highest BCUT2D eigenvalue weighted by Crippen LogP contribution is 2.24. The normalized spacial score (nSPS) is 10.9. The van der Waals surface area contributed by atoms with Gasteiger partial charge in [0.2, 0.25) is 5.76 Å². The maximum atomic E-state index is 12.2. The largest absolute Gasteiger partial charge is 0.355 e. The van der Waals surface area contributed by atoms with E-state index in [4.69, 9.17) is 0 Å². The summed E-state index contributed by atoms with van der Waals surface area (Å²) in [5.74, 6) is -0.425. The molecule has 2 aromatic heterocycles. The van der Waals surface area contributed by atoms with Crippen molar-refractivity contribution in [2.75, 3.05) is 0 Å². The second kappa shape index (κ2) is 3.76. The maximum Gasteiger partial charge on any atom is 0.298 e. The van der Waals surface area contributed by atoms with Crippen LogP contribution in [-0.4, -0.2) is 10.1 Å². The van der Waals surface area contributed by atoms with Crippen LogP contribution < -0.4 is 0 Å². The molecule has 2 rings (SSSR count). The number of halogens is 2. The maximum absolute atomic E-state index is 12.2. The van der Waals surface area contributed by atoms with Gasteiger partial charge in [0.15, 0.2) is 0 Å². The third-order valence-corrected chi connectivity index (χ3v) is 1.95. The molecular weight excluding hydrogens is 202 g/mol. The first-order valence-electron chi connectivity index (χ1n) is 4.34. The van der Waals surface area contributed by atoms with Crippen LogP contribution in [0.15, 0.2) is 28.9 Å². The molecule has 0 aliphatic heterocycles. The molecule has 0 saturated carbocycles. The Morgan fingerprint density at radius 3 is 2.67 bits per heavy atom.